The number of aromatic amines is 1. The quantitative estimate of drug-likeness (QED) is 0.586. The zero-order valence-electron chi connectivity index (χ0n) is 19.0. The van der Waals surface area contributed by atoms with E-state index in [0.29, 0.717) is 42.4 Å². The average molecular weight is 461 g/mol. The Labute approximate surface area is 198 Å². The Balaban J connectivity index is 1.83. The van der Waals surface area contributed by atoms with Gasteiger partial charge in [-0.15, -0.1) is 0 Å². The Bertz CT molecular complexity index is 1320. The number of anilines is 1. The number of amides is 1. The fourth-order valence-electron chi connectivity index (χ4n) is 4.57. The third-order valence-corrected chi connectivity index (χ3v) is 6.53. The molecule has 0 radical (unpaired) electrons. The maximum atomic E-state index is 12.0. The molecule has 0 atom stereocenters. The Morgan fingerprint density at radius 2 is 1.91 bits per heavy atom. The second kappa shape index (κ2) is 8.72. The second-order valence-corrected chi connectivity index (χ2v) is 8.60. The van der Waals surface area contributed by atoms with Crippen LogP contribution < -0.4 is 4.90 Å². The Kier molecular flexibility index (Phi) is 5.96. The minimum atomic E-state index is -0.0705. The SMILES string of the molecule is C=CC(=O)N1CCN(c2cc(C#N)nc3c(C)c(C(=C)c4c(C)n[nH]c4C)c(Cl)cc23)CC1. The van der Waals surface area contributed by atoms with Crippen LogP contribution in [0.1, 0.15) is 33.8 Å². The molecule has 7 nitrogen and oxygen atoms in total. The minimum Gasteiger partial charge on any atom is -0.367 e. The molecule has 0 bridgehead atoms. The molecular formula is C25H25ClN6O. The molecule has 1 aliphatic heterocycles. The number of H-pyrrole nitrogens is 1. The summed E-state index contributed by atoms with van der Waals surface area (Å²) in [5.74, 6) is -0.0705. The Hall–Kier alpha value is -3.63. The summed E-state index contributed by atoms with van der Waals surface area (Å²) in [6, 6.07) is 5.88. The van der Waals surface area contributed by atoms with Gasteiger partial charge in [-0.3, -0.25) is 9.89 Å². The predicted octanol–water partition coefficient (Wildman–Crippen LogP) is 4.30. The molecular weight excluding hydrogens is 436 g/mol. The van der Waals surface area contributed by atoms with E-state index >= 15 is 0 Å². The van der Waals surface area contributed by atoms with Crippen LogP contribution in [0, 0.1) is 32.1 Å². The number of aromatic nitrogens is 3. The summed E-state index contributed by atoms with van der Waals surface area (Å²) in [5, 5.41) is 18.4. The molecule has 1 amide bonds. The van der Waals surface area contributed by atoms with Gasteiger partial charge in [-0.05, 0) is 50.1 Å². The van der Waals surface area contributed by atoms with Gasteiger partial charge in [0.15, 0.2) is 0 Å². The van der Waals surface area contributed by atoms with E-state index in [9.17, 15) is 10.1 Å². The first-order valence-corrected chi connectivity index (χ1v) is 11.1. The lowest BCUT2D eigenvalue weighted by Gasteiger charge is -2.36. The number of hydrogen-bond acceptors (Lipinski definition) is 5. The Morgan fingerprint density at radius 3 is 2.48 bits per heavy atom. The third-order valence-electron chi connectivity index (χ3n) is 6.23. The van der Waals surface area contributed by atoms with Gasteiger partial charge in [0.05, 0.1) is 11.2 Å². The normalized spacial score (nSPS) is 13.8. The van der Waals surface area contributed by atoms with Crippen LogP contribution in [0.5, 0.6) is 0 Å². The number of carbonyl (C=O) groups is 1. The van der Waals surface area contributed by atoms with Gasteiger partial charge in [0, 0.05) is 59.1 Å². The fraction of sp³-hybridized carbons (Fsp3) is 0.280. The van der Waals surface area contributed by atoms with Gasteiger partial charge in [-0.1, -0.05) is 24.8 Å². The van der Waals surface area contributed by atoms with Crippen LogP contribution in [0.15, 0.2) is 31.4 Å². The predicted molar refractivity (Wildman–Crippen MR) is 131 cm³/mol. The molecule has 168 valence electrons. The lowest BCUT2D eigenvalue weighted by atomic mass is 9.92. The molecule has 33 heavy (non-hydrogen) atoms. The second-order valence-electron chi connectivity index (χ2n) is 8.20. The van der Waals surface area contributed by atoms with E-state index in [0.717, 1.165) is 44.7 Å². The van der Waals surface area contributed by atoms with Crippen LogP contribution in [-0.4, -0.2) is 52.2 Å². The number of carbonyl (C=O) groups excluding carboxylic acids is 1. The number of hydrogen-bond donors (Lipinski definition) is 1. The summed E-state index contributed by atoms with van der Waals surface area (Å²) in [4.78, 5) is 20.5. The summed E-state index contributed by atoms with van der Waals surface area (Å²) >= 11 is 6.83. The first-order valence-electron chi connectivity index (χ1n) is 10.7. The number of aryl methyl sites for hydroxylation is 3. The van der Waals surface area contributed by atoms with Gasteiger partial charge in [0.2, 0.25) is 5.91 Å². The molecule has 0 aliphatic carbocycles. The van der Waals surface area contributed by atoms with Crippen LogP contribution in [0.2, 0.25) is 5.02 Å². The van der Waals surface area contributed by atoms with Crippen molar-refractivity contribution in [2.75, 3.05) is 31.1 Å². The first kappa shape index (κ1) is 22.6. The molecule has 3 heterocycles. The molecule has 1 N–H and O–H groups in total. The van der Waals surface area contributed by atoms with Crippen LogP contribution in [0.3, 0.4) is 0 Å². The molecule has 8 heteroatoms. The van der Waals surface area contributed by atoms with Gasteiger partial charge < -0.3 is 9.80 Å². The van der Waals surface area contributed by atoms with E-state index in [1.807, 2.05) is 26.8 Å². The zero-order chi connectivity index (χ0) is 23.9. The van der Waals surface area contributed by atoms with Crippen molar-refractivity contribution < 1.29 is 4.79 Å². The van der Waals surface area contributed by atoms with Crippen LogP contribution >= 0.6 is 11.6 Å². The first-order chi connectivity index (χ1) is 15.8. The zero-order valence-corrected chi connectivity index (χ0v) is 19.8. The van der Waals surface area contributed by atoms with E-state index in [2.05, 4.69) is 39.3 Å². The van der Waals surface area contributed by atoms with E-state index in [1.54, 1.807) is 11.0 Å². The molecule has 0 spiro atoms. The highest BCUT2D eigenvalue weighted by Gasteiger charge is 2.24. The van der Waals surface area contributed by atoms with Gasteiger partial charge in [-0.25, -0.2) is 4.98 Å². The number of halogens is 1. The number of rotatable bonds is 4. The van der Waals surface area contributed by atoms with Crippen molar-refractivity contribution in [2.24, 2.45) is 0 Å². The summed E-state index contributed by atoms with van der Waals surface area (Å²) < 4.78 is 0. The highest BCUT2D eigenvalue weighted by Crippen LogP contribution is 2.39. The van der Waals surface area contributed by atoms with Crippen molar-refractivity contribution in [2.45, 2.75) is 20.8 Å². The molecule has 2 aromatic heterocycles. The van der Waals surface area contributed by atoms with Crippen LogP contribution in [-0.2, 0) is 4.79 Å². The van der Waals surface area contributed by atoms with Crippen molar-refractivity contribution in [1.29, 1.82) is 5.26 Å². The highest BCUT2D eigenvalue weighted by atomic mass is 35.5. The topological polar surface area (TPSA) is 88.9 Å². The van der Waals surface area contributed by atoms with Crippen molar-refractivity contribution in [3.63, 3.8) is 0 Å². The number of piperazine rings is 1. The monoisotopic (exact) mass is 460 g/mol. The van der Waals surface area contributed by atoms with Crippen molar-refractivity contribution in [1.82, 2.24) is 20.1 Å². The lowest BCUT2D eigenvalue weighted by Crippen LogP contribution is -2.48. The van der Waals surface area contributed by atoms with E-state index < -0.39 is 0 Å². The number of nitriles is 1. The molecule has 0 unspecified atom stereocenters. The van der Waals surface area contributed by atoms with E-state index in [4.69, 9.17) is 11.6 Å². The number of nitrogens with zero attached hydrogens (tertiary/aromatic N) is 5. The maximum Gasteiger partial charge on any atom is 0.246 e. The van der Waals surface area contributed by atoms with Gasteiger partial charge >= 0.3 is 0 Å². The average Bonchev–Trinajstić information content (AvgIpc) is 3.15. The highest BCUT2D eigenvalue weighted by molar-refractivity contribution is 6.34. The molecule has 1 fully saturated rings. The fourth-order valence-corrected chi connectivity index (χ4v) is 4.94. The molecule has 1 aliphatic rings. The molecule has 3 aromatic rings. The van der Waals surface area contributed by atoms with Gasteiger partial charge in [0.1, 0.15) is 11.8 Å². The van der Waals surface area contributed by atoms with Crippen molar-refractivity contribution >= 4 is 39.7 Å². The minimum absolute atomic E-state index is 0.0705. The Morgan fingerprint density at radius 1 is 1.21 bits per heavy atom. The molecule has 1 aromatic carbocycles. The van der Waals surface area contributed by atoms with Crippen molar-refractivity contribution in [3.05, 3.63) is 70.2 Å². The molecule has 1 saturated heterocycles. The number of benzene rings is 1. The summed E-state index contributed by atoms with van der Waals surface area (Å²) in [6.45, 7) is 16.2. The summed E-state index contributed by atoms with van der Waals surface area (Å²) in [7, 11) is 0. The van der Waals surface area contributed by atoms with E-state index in [1.165, 1.54) is 6.08 Å². The van der Waals surface area contributed by atoms with E-state index in [-0.39, 0.29) is 5.91 Å². The largest absolute Gasteiger partial charge is 0.367 e. The smallest absolute Gasteiger partial charge is 0.246 e. The summed E-state index contributed by atoms with van der Waals surface area (Å²) in [6.07, 6.45) is 1.34. The van der Waals surface area contributed by atoms with Crippen LogP contribution in [0.4, 0.5) is 5.69 Å². The number of fused-ring (bicyclic) bond motifs is 1. The van der Waals surface area contributed by atoms with Crippen LogP contribution in [0.25, 0.3) is 16.5 Å². The number of pyridine rings is 1. The molecule has 4 rings (SSSR count). The standard InChI is InChI=1S/C25H25ClN6O/c1-6-22(33)32-9-7-31(8-10-32)21-11-18(13-27)28-25-15(3)23(20(26)12-19(21)25)14(2)24-16(4)29-30-17(24)5/h6,11-12H,1-2,7-10H2,3-5H3,(H,29,30). The van der Waals surface area contributed by atoms with Crippen molar-refractivity contribution in [3.8, 4) is 6.07 Å². The van der Waals surface area contributed by atoms with Gasteiger partial charge in [0.25, 0.3) is 0 Å². The maximum absolute atomic E-state index is 12.0. The summed E-state index contributed by atoms with van der Waals surface area (Å²) in [5.41, 5.74) is 7.06. The molecule has 0 saturated carbocycles. The van der Waals surface area contributed by atoms with Gasteiger partial charge in [-0.2, -0.15) is 10.4 Å². The number of nitrogens with one attached hydrogen (secondary N) is 1. The third kappa shape index (κ3) is 3.87. The lowest BCUT2D eigenvalue weighted by molar-refractivity contribution is -0.126.